The van der Waals surface area contributed by atoms with Gasteiger partial charge in [-0.2, -0.15) is 0 Å². The SMILES string of the molecule is O=C(C[C@@H]1C=CCC1)NC[C@@H]1CCN(c2ccccc2)C1. The Balaban J connectivity index is 1.40. The summed E-state index contributed by atoms with van der Waals surface area (Å²) < 4.78 is 0. The molecule has 0 unspecified atom stereocenters. The van der Waals surface area contributed by atoms with Crippen LogP contribution in [0.15, 0.2) is 42.5 Å². The molecule has 1 N–H and O–H groups in total. The van der Waals surface area contributed by atoms with E-state index in [0.717, 1.165) is 32.5 Å². The van der Waals surface area contributed by atoms with Crippen LogP contribution in [0.5, 0.6) is 0 Å². The molecule has 1 aromatic rings. The van der Waals surface area contributed by atoms with Gasteiger partial charge in [0.2, 0.25) is 5.91 Å². The monoisotopic (exact) mass is 284 g/mol. The Morgan fingerprint density at radius 1 is 1.24 bits per heavy atom. The zero-order chi connectivity index (χ0) is 14.5. The summed E-state index contributed by atoms with van der Waals surface area (Å²) in [6, 6.07) is 10.5. The second-order valence-corrected chi connectivity index (χ2v) is 6.21. The van der Waals surface area contributed by atoms with E-state index in [9.17, 15) is 4.79 Å². The van der Waals surface area contributed by atoms with Crippen LogP contribution >= 0.6 is 0 Å². The van der Waals surface area contributed by atoms with Crippen molar-refractivity contribution >= 4 is 11.6 Å². The van der Waals surface area contributed by atoms with Gasteiger partial charge in [0.15, 0.2) is 0 Å². The first kappa shape index (κ1) is 14.2. The van der Waals surface area contributed by atoms with E-state index in [4.69, 9.17) is 0 Å². The lowest BCUT2D eigenvalue weighted by Gasteiger charge is -2.18. The van der Waals surface area contributed by atoms with Crippen LogP contribution in [0.1, 0.15) is 25.7 Å². The van der Waals surface area contributed by atoms with Crippen LogP contribution in [0.25, 0.3) is 0 Å². The summed E-state index contributed by atoms with van der Waals surface area (Å²) >= 11 is 0. The van der Waals surface area contributed by atoms with Crippen LogP contribution in [0.4, 0.5) is 5.69 Å². The molecule has 0 radical (unpaired) electrons. The summed E-state index contributed by atoms with van der Waals surface area (Å²) in [5, 5.41) is 3.12. The quantitative estimate of drug-likeness (QED) is 0.843. The van der Waals surface area contributed by atoms with E-state index in [2.05, 4.69) is 52.7 Å². The van der Waals surface area contributed by atoms with Gasteiger partial charge in [-0.1, -0.05) is 30.4 Å². The molecule has 0 saturated carbocycles. The molecule has 1 aromatic carbocycles. The normalized spacial score (nSPS) is 24.5. The Morgan fingerprint density at radius 2 is 2.10 bits per heavy atom. The van der Waals surface area contributed by atoms with Crippen molar-refractivity contribution in [2.75, 3.05) is 24.5 Å². The highest BCUT2D eigenvalue weighted by Gasteiger charge is 2.23. The molecule has 2 atom stereocenters. The minimum absolute atomic E-state index is 0.213. The van der Waals surface area contributed by atoms with E-state index in [1.807, 2.05) is 0 Å². The first-order valence-electron chi connectivity index (χ1n) is 8.04. The summed E-state index contributed by atoms with van der Waals surface area (Å²) in [6.45, 7) is 2.96. The number of nitrogens with one attached hydrogen (secondary N) is 1. The summed E-state index contributed by atoms with van der Waals surface area (Å²) in [5.41, 5.74) is 1.29. The third-order valence-corrected chi connectivity index (χ3v) is 4.56. The highest BCUT2D eigenvalue weighted by Crippen LogP contribution is 2.23. The van der Waals surface area contributed by atoms with E-state index < -0.39 is 0 Å². The van der Waals surface area contributed by atoms with E-state index in [0.29, 0.717) is 18.3 Å². The second kappa shape index (κ2) is 6.79. The molecule has 112 valence electrons. The molecule has 1 aliphatic carbocycles. The lowest BCUT2D eigenvalue weighted by molar-refractivity contribution is -0.121. The zero-order valence-corrected chi connectivity index (χ0v) is 12.5. The molecule has 2 aliphatic rings. The Kier molecular flexibility index (Phi) is 4.59. The van der Waals surface area contributed by atoms with Gasteiger partial charge in [-0.25, -0.2) is 0 Å². The average molecular weight is 284 g/mol. The second-order valence-electron chi connectivity index (χ2n) is 6.21. The van der Waals surface area contributed by atoms with Crippen LogP contribution in [0, 0.1) is 11.8 Å². The maximum Gasteiger partial charge on any atom is 0.220 e. The van der Waals surface area contributed by atoms with E-state index in [1.54, 1.807) is 0 Å². The molecule has 0 bridgehead atoms. The van der Waals surface area contributed by atoms with Crippen molar-refractivity contribution in [1.82, 2.24) is 5.32 Å². The van der Waals surface area contributed by atoms with Gasteiger partial charge in [0.05, 0.1) is 0 Å². The van der Waals surface area contributed by atoms with Crippen LogP contribution in [-0.2, 0) is 4.79 Å². The summed E-state index contributed by atoms with van der Waals surface area (Å²) in [5.74, 6) is 1.26. The van der Waals surface area contributed by atoms with Crippen molar-refractivity contribution in [3.63, 3.8) is 0 Å². The summed E-state index contributed by atoms with van der Waals surface area (Å²) in [6.07, 6.45) is 8.47. The number of carbonyl (C=O) groups is 1. The van der Waals surface area contributed by atoms with Gasteiger partial charge in [-0.3, -0.25) is 4.79 Å². The molecule has 1 saturated heterocycles. The Bertz CT molecular complexity index is 497. The first-order chi connectivity index (χ1) is 10.3. The number of allylic oxidation sites excluding steroid dienone is 2. The third-order valence-electron chi connectivity index (χ3n) is 4.56. The molecule has 1 fully saturated rings. The fourth-order valence-electron chi connectivity index (χ4n) is 3.31. The molecule has 3 rings (SSSR count). The van der Waals surface area contributed by atoms with Crippen molar-refractivity contribution < 1.29 is 4.79 Å². The van der Waals surface area contributed by atoms with Crippen molar-refractivity contribution in [2.45, 2.75) is 25.7 Å². The highest BCUT2D eigenvalue weighted by atomic mass is 16.1. The minimum atomic E-state index is 0.213. The number of hydrogen-bond donors (Lipinski definition) is 1. The number of carbonyl (C=O) groups excluding carboxylic acids is 1. The molecule has 3 nitrogen and oxygen atoms in total. The smallest absolute Gasteiger partial charge is 0.220 e. The number of rotatable bonds is 5. The topological polar surface area (TPSA) is 32.3 Å². The lowest BCUT2D eigenvalue weighted by Crippen LogP contribution is -2.31. The molecular weight excluding hydrogens is 260 g/mol. The van der Waals surface area contributed by atoms with Gasteiger partial charge < -0.3 is 10.2 Å². The molecule has 1 heterocycles. The van der Waals surface area contributed by atoms with Crippen molar-refractivity contribution in [3.05, 3.63) is 42.5 Å². The molecule has 0 spiro atoms. The largest absolute Gasteiger partial charge is 0.371 e. The maximum atomic E-state index is 11.9. The van der Waals surface area contributed by atoms with Crippen LogP contribution in [-0.4, -0.2) is 25.5 Å². The van der Waals surface area contributed by atoms with Gasteiger partial charge >= 0.3 is 0 Å². The fourth-order valence-corrected chi connectivity index (χ4v) is 3.31. The van der Waals surface area contributed by atoms with Crippen molar-refractivity contribution in [1.29, 1.82) is 0 Å². The van der Waals surface area contributed by atoms with E-state index in [-0.39, 0.29) is 5.91 Å². The Morgan fingerprint density at radius 3 is 2.86 bits per heavy atom. The molecule has 1 amide bonds. The average Bonchev–Trinajstić information content (AvgIpc) is 3.17. The third kappa shape index (κ3) is 3.87. The van der Waals surface area contributed by atoms with E-state index in [1.165, 1.54) is 12.1 Å². The fraction of sp³-hybridized carbons (Fsp3) is 0.500. The standard InChI is InChI=1S/C18H24N2O/c21-18(12-15-6-4-5-7-15)19-13-16-10-11-20(14-16)17-8-2-1-3-9-17/h1-4,6,8-9,15-16H,5,7,10-14H2,(H,19,21)/t15-,16+/m1/s1. The molecule has 21 heavy (non-hydrogen) atoms. The van der Waals surface area contributed by atoms with Gasteiger partial charge in [-0.05, 0) is 43.2 Å². The summed E-state index contributed by atoms with van der Waals surface area (Å²) in [7, 11) is 0. The zero-order valence-electron chi connectivity index (χ0n) is 12.5. The van der Waals surface area contributed by atoms with Crippen LogP contribution in [0.2, 0.25) is 0 Å². The molecule has 1 aliphatic heterocycles. The molecule has 0 aromatic heterocycles. The van der Waals surface area contributed by atoms with Gasteiger partial charge in [0.1, 0.15) is 0 Å². The number of hydrogen-bond acceptors (Lipinski definition) is 2. The maximum absolute atomic E-state index is 11.9. The minimum Gasteiger partial charge on any atom is -0.371 e. The predicted octanol–water partition coefficient (Wildman–Crippen LogP) is 2.99. The number of benzene rings is 1. The van der Waals surface area contributed by atoms with E-state index >= 15 is 0 Å². The number of anilines is 1. The highest BCUT2D eigenvalue weighted by molar-refractivity contribution is 5.76. The van der Waals surface area contributed by atoms with Crippen molar-refractivity contribution in [2.24, 2.45) is 11.8 Å². The number of nitrogens with zero attached hydrogens (tertiary/aromatic N) is 1. The number of para-hydroxylation sites is 1. The van der Waals surface area contributed by atoms with Gasteiger partial charge in [0.25, 0.3) is 0 Å². The molecule has 3 heteroatoms. The lowest BCUT2D eigenvalue weighted by atomic mass is 10.0. The number of amides is 1. The Labute approximate surface area is 127 Å². The van der Waals surface area contributed by atoms with Gasteiger partial charge in [0, 0.05) is 31.7 Å². The Hall–Kier alpha value is -1.77. The first-order valence-corrected chi connectivity index (χ1v) is 8.04. The van der Waals surface area contributed by atoms with Crippen LogP contribution in [0.3, 0.4) is 0 Å². The molecular formula is C18H24N2O. The summed E-state index contributed by atoms with van der Waals surface area (Å²) in [4.78, 5) is 14.4. The van der Waals surface area contributed by atoms with Gasteiger partial charge in [-0.15, -0.1) is 0 Å². The predicted molar refractivity (Wildman–Crippen MR) is 86.3 cm³/mol. The van der Waals surface area contributed by atoms with Crippen molar-refractivity contribution in [3.8, 4) is 0 Å². The van der Waals surface area contributed by atoms with Crippen LogP contribution < -0.4 is 10.2 Å².